The Morgan fingerprint density at radius 1 is 1.00 bits per heavy atom. The second kappa shape index (κ2) is 8.60. The van der Waals surface area contributed by atoms with Gasteiger partial charge in [-0.2, -0.15) is 0 Å². The van der Waals surface area contributed by atoms with Crippen molar-refractivity contribution in [3.63, 3.8) is 0 Å². The summed E-state index contributed by atoms with van der Waals surface area (Å²) in [5.74, 6) is 0.860. The predicted octanol–water partition coefficient (Wildman–Crippen LogP) is 3.26. The number of rotatable bonds is 5. The highest BCUT2D eigenvalue weighted by Gasteiger charge is 2.35. The minimum absolute atomic E-state index is 0.184. The maximum atomic E-state index is 13.1. The van der Waals surface area contributed by atoms with Gasteiger partial charge in [0, 0.05) is 38.1 Å². The van der Waals surface area contributed by atoms with Crippen LogP contribution < -0.4 is 4.74 Å². The number of β-amino-alcohol motifs (C(OH)–C–C–N with tert-alkyl or cyclic N) is 1. The minimum atomic E-state index is -0.340. The Labute approximate surface area is 166 Å². The van der Waals surface area contributed by atoms with Gasteiger partial charge < -0.3 is 9.84 Å². The minimum Gasteiger partial charge on any atom is -0.497 e. The summed E-state index contributed by atoms with van der Waals surface area (Å²) in [4.78, 5) is 4.88. The fourth-order valence-corrected chi connectivity index (χ4v) is 4.63. The molecule has 150 valence electrons. The van der Waals surface area contributed by atoms with E-state index in [9.17, 15) is 9.50 Å². The third-order valence-corrected chi connectivity index (χ3v) is 6.24. The van der Waals surface area contributed by atoms with Crippen LogP contribution >= 0.6 is 0 Å². The lowest BCUT2D eigenvalue weighted by Gasteiger charge is -2.39. The summed E-state index contributed by atoms with van der Waals surface area (Å²) in [5, 5.41) is 10.8. The molecule has 0 bridgehead atoms. The first-order chi connectivity index (χ1) is 13.6. The number of aliphatic hydroxyl groups is 1. The molecule has 3 atom stereocenters. The van der Waals surface area contributed by atoms with Crippen LogP contribution in [0.5, 0.6) is 5.75 Å². The maximum absolute atomic E-state index is 13.1. The molecule has 2 aromatic rings. The molecular weight excluding hydrogens is 355 g/mol. The highest BCUT2D eigenvalue weighted by atomic mass is 19.1. The van der Waals surface area contributed by atoms with E-state index in [0.717, 1.165) is 56.9 Å². The van der Waals surface area contributed by atoms with Gasteiger partial charge in [0.05, 0.1) is 13.2 Å². The van der Waals surface area contributed by atoms with Crippen molar-refractivity contribution in [3.05, 3.63) is 65.5 Å². The summed E-state index contributed by atoms with van der Waals surface area (Å²) in [6.45, 7) is 4.67. The Bertz CT molecular complexity index is 765. The van der Waals surface area contributed by atoms with Crippen LogP contribution in [0.2, 0.25) is 0 Å². The van der Waals surface area contributed by atoms with Gasteiger partial charge in [-0.15, -0.1) is 0 Å². The number of piperidine rings is 1. The highest BCUT2D eigenvalue weighted by Crippen LogP contribution is 2.32. The van der Waals surface area contributed by atoms with Crippen molar-refractivity contribution in [2.24, 2.45) is 0 Å². The molecule has 2 aromatic carbocycles. The summed E-state index contributed by atoms with van der Waals surface area (Å²) >= 11 is 0. The molecule has 2 aliphatic heterocycles. The summed E-state index contributed by atoms with van der Waals surface area (Å²) in [5.41, 5.74) is 2.35. The van der Waals surface area contributed by atoms with E-state index < -0.39 is 0 Å². The van der Waals surface area contributed by atoms with Crippen molar-refractivity contribution in [3.8, 4) is 5.75 Å². The van der Waals surface area contributed by atoms with Gasteiger partial charge in [-0.1, -0.05) is 24.3 Å². The first kappa shape index (κ1) is 19.4. The van der Waals surface area contributed by atoms with E-state index in [0.29, 0.717) is 6.04 Å². The Morgan fingerprint density at radius 2 is 1.75 bits per heavy atom. The largest absolute Gasteiger partial charge is 0.497 e. The number of halogens is 1. The smallest absolute Gasteiger partial charge is 0.123 e. The van der Waals surface area contributed by atoms with Crippen molar-refractivity contribution >= 4 is 0 Å². The number of aliphatic hydroxyl groups excluding tert-OH is 1. The Balaban J connectivity index is 1.31. The molecule has 1 N–H and O–H groups in total. The van der Waals surface area contributed by atoms with Crippen LogP contribution in [-0.4, -0.2) is 60.3 Å². The van der Waals surface area contributed by atoms with Gasteiger partial charge >= 0.3 is 0 Å². The number of hydrogen-bond donors (Lipinski definition) is 1. The third-order valence-electron chi connectivity index (χ3n) is 6.24. The third kappa shape index (κ3) is 4.37. The van der Waals surface area contributed by atoms with E-state index in [2.05, 4.69) is 21.9 Å². The van der Waals surface area contributed by atoms with Crippen molar-refractivity contribution in [1.82, 2.24) is 9.80 Å². The van der Waals surface area contributed by atoms with E-state index in [-0.39, 0.29) is 17.8 Å². The van der Waals surface area contributed by atoms with Gasteiger partial charge in [-0.25, -0.2) is 4.39 Å². The summed E-state index contributed by atoms with van der Waals surface area (Å²) in [7, 11) is 1.67. The van der Waals surface area contributed by atoms with E-state index in [4.69, 9.17) is 4.74 Å². The topological polar surface area (TPSA) is 35.9 Å². The standard InChI is InChI=1S/C23H29FN2O2/c1-28-21-8-4-18(5-9-21)22-11-13-26(16-23(22)27)20-10-12-25(15-20)14-17-2-6-19(24)7-3-17/h2-9,20,22-23,27H,10-16H2,1H3/t20?,22-,23+/m0/s1. The van der Waals surface area contributed by atoms with Crippen LogP contribution in [0.15, 0.2) is 48.5 Å². The molecule has 0 saturated carbocycles. The van der Waals surface area contributed by atoms with Crippen molar-refractivity contribution < 1.29 is 14.2 Å². The number of hydrogen-bond acceptors (Lipinski definition) is 4. The van der Waals surface area contributed by atoms with E-state index in [1.165, 1.54) is 17.7 Å². The zero-order valence-corrected chi connectivity index (χ0v) is 16.4. The molecule has 0 radical (unpaired) electrons. The van der Waals surface area contributed by atoms with Crippen LogP contribution in [0.3, 0.4) is 0 Å². The normalized spacial score (nSPS) is 26.5. The fourth-order valence-electron chi connectivity index (χ4n) is 4.63. The van der Waals surface area contributed by atoms with E-state index in [1.54, 1.807) is 7.11 Å². The lowest BCUT2D eigenvalue weighted by molar-refractivity contribution is 0.0312. The molecule has 0 amide bonds. The molecule has 1 unspecified atom stereocenters. The molecule has 2 heterocycles. The van der Waals surface area contributed by atoms with Gasteiger partial charge in [0.1, 0.15) is 11.6 Å². The predicted molar refractivity (Wildman–Crippen MR) is 108 cm³/mol. The number of likely N-dealkylation sites (tertiary alicyclic amines) is 2. The van der Waals surface area contributed by atoms with Crippen molar-refractivity contribution in [1.29, 1.82) is 0 Å². The zero-order chi connectivity index (χ0) is 19.5. The Hall–Kier alpha value is -1.95. The number of nitrogens with zero attached hydrogens (tertiary/aromatic N) is 2. The molecule has 5 heteroatoms. The van der Waals surface area contributed by atoms with Crippen LogP contribution in [0.25, 0.3) is 0 Å². The van der Waals surface area contributed by atoms with E-state index >= 15 is 0 Å². The molecule has 2 fully saturated rings. The number of benzene rings is 2. The maximum Gasteiger partial charge on any atom is 0.123 e. The SMILES string of the molecule is COc1ccc([C@@H]2CCN(C3CCN(Cc4ccc(F)cc4)C3)C[C@H]2O)cc1. The lowest BCUT2D eigenvalue weighted by atomic mass is 9.86. The molecule has 4 nitrogen and oxygen atoms in total. The van der Waals surface area contributed by atoms with Gasteiger partial charge in [-0.3, -0.25) is 9.80 Å². The molecule has 0 aromatic heterocycles. The summed E-state index contributed by atoms with van der Waals surface area (Å²) < 4.78 is 18.3. The highest BCUT2D eigenvalue weighted by molar-refractivity contribution is 5.30. The molecule has 28 heavy (non-hydrogen) atoms. The van der Waals surface area contributed by atoms with Crippen molar-refractivity contribution in [2.45, 2.75) is 37.5 Å². The van der Waals surface area contributed by atoms with Crippen LogP contribution in [0, 0.1) is 5.82 Å². The van der Waals surface area contributed by atoms with E-state index in [1.807, 2.05) is 24.3 Å². The molecule has 2 aliphatic rings. The average Bonchev–Trinajstić information content (AvgIpc) is 3.18. The van der Waals surface area contributed by atoms with Crippen LogP contribution in [0.1, 0.15) is 29.9 Å². The second-order valence-corrected chi connectivity index (χ2v) is 8.03. The summed E-state index contributed by atoms with van der Waals surface area (Å²) in [6, 6.07) is 15.4. The molecule has 4 rings (SSSR count). The number of methoxy groups -OCH3 is 1. The first-order valence-electron chi connectivity index (χ1n) is 10.2. The quantitative estimate of drug-likeness (QED) is 0.858. The molecular formula is C23H29FN2O2. The Kier molecular flexibility index (Phi) is 5.95. The van der Waals surface area contributed by atoms with Crippen molar-refractivity contribution in [2.75, 3.05) is 33.3 Å². The van der Waals surface area contributed by atoms with Gasteiger partial charge in [0.2, 0.25) is 0 Å². The zero-order valence-electron chi connectivity index (χ0n) is 16.4. The fraction of sp³-hybridized carbons (Fsp3) is 0.478. The second-order valence-electron chi connectivity index (χ2n) is 8.03. The van der Waals surface area contributed by atoms with Crippen LogP contribution in [0.4, 0.5) is 4.39 Å². The Morgan fingerprint density at radius 3 is 2.43 bits per heavy atom. The monoisotopic (exact) mass is 384 g/mol. The molecule has 0 aliphatic carbocycles. The molecule has 2 saturated heterocycles. The van der Waals surface area contributed by atoms with Gasteiger partial charge in [0.25, 0.3) is 0 Å². The summed E-state index contributed by atoms with van der Waals surface area (Å²) in [6.07, 6.45) is 1.76. The lowest BCUT2D eigenvalue weighted by Crippen LogP contribution is -2.48. The van der Waals surface area contributed by atoms with Gasteiger partial charge in [0.15, 0.2) is 0 Å². The average molecular weight is 384 g/mol. The molecule has 0 spiro atoms. The van der Waals surface area contributed by atoms with Gasteiger partial charge in [-0.05, 0) is 54.8 Å². The first-order valence-corrected chi connectivity index (χ1v) is 10.2. The van der Waals surface area contributed by atoms with Crippen LogP contribution in [-0.2, 0) is 6.54 Å². The number of ether oxygens (including phenoxy) is 1.